The molecular weight excluding hydrogens is 682 g/mol. The first kappa shape index (κ1) is 50.7. The van der Waals surface area contributed by atoms with Crippen LogP contribution < -0.4 is 5.32 Å². The van der Waals surface area contributed by atoms with Gasteiger partial charge in [0.2, 0.25) is 5.91 Å². The molecule has 1 amide bonds. The van der Waals surface area contributed by atoms with Crippen molar-refractivity contribution in [2.75, 3.05) is 13.2 Å². The highest BCUT2D eigenvalue weighted by Crippen LogP contribution is 2.22. The Labute approximate surface area is 330 Å². The van der Waals surface area contributed by atoms with Crippen LogP contribution in [0.4, 0.5) is 0 Å². The summed E-state index contributed by atoms with van der Waals surface area (Å²) in [6.45, 7) is 3.62. The quantitative estimate of drug-likeness (QED) is 0.0271. The maximum atomic E-state index is 12.8. The molecule has 1 aliphatic heterocycles. The Balaban J connectivity index is 2.06. The second kappa shape index (κ2) is 36.0. The number of rotatable bonds is 37. The topological polar surface area (TPSA) is 149 Å². The van der Waals surface area contributed by atoms with Crippen LogP contribution in [0.5, 0.6) is 0 Å². The molecule has 0 saturated carbocycles. The summed E-state index contributed by atoms with van der Waals surface area (Å²) < 4.78 is 11.1. The summed E-state index contributed by atoms with van der Waals surface area (Å²) in [4.78, 5) is 12.8. The fraction of sp³-hybridized carbons (Fsp3) is 0.889. The zero-order chi connectivity index (χ0) is 39.5. The van der Waals surface area contributed by atoms with E-state index < -0.39 is 49.5 Å². The highest BCUT2D eigenvalue weighted by atomic mass is 16.7. The van der Waals surface area contributed by atoms with E-state index in [1.165, 1.54) is 141 Å². The Bertz CT molecular complexity index is 899. The molecule has 0 aromatic rings. The fourth-order valence-corrected chi connectivity index (χ4v) is 7.08. The van der Waals surface area contributed by atoms with Gasteiger partial charge in [-0.05, 0) is 38.5 Å². The first-order chi connectivity index (χ1) is 26.3. The van der Waals surface area contributed by atoms with Crippen LogP contribution in [-0.4, -0.2) is 87.5 Å². The van der Waals surface area contributed by atoms with Crippen molar-refractivity contribution in [2.24, 2.45) is 0 Å². The Hall–Kier alpha value is -1.33. The minimum Gasteiger partial charge on any atom is -0.394 e. The lowest BCUT2D eigenvalue weighted by atomic mass is 9.99. The fourth-order valence-electron chi connectivity index (χ4n) is 7.08. The zero-order valence-corrected chi connectivity index (χ0v) is 34.7. The lowest BCUT2D eigenvalue weighted by Gasteiger charge is -2.40. The molecule has 6 N–H and O–H groups in total. The van der Waals surface area contributed by atoms with Crippen LogP contribution >= 0.6 is 0 Å². The number of carbonyl (C=O) groups excluding carboxylic acids is 1. The molecule has 1 saturated heterocycles. The van der Waals surface area contributed by atoms with Crippen LogP contribution in [0.15, 0.2) is 24.3 Å². The molecular formula is C45H85NO8. The van der Waals surface area contributed by atoms with Gasteiger partial charge in [0, 0.05) is 6.42 Å². The molecule has 54 heavy (non-hydrogen) atoms. The van der Waals surface area contributed by atoms with Gasteiger partial charge in [-0.25, -0.2) is 0 Å². The van der Waals surface area contributed by atoms with E-state index in [1.807, 2.05) is 6.08 Å². The van der Waals surface area contributed by atoms with E-state index in [1.54, 1.807) is 6.08 Å². The molecule has 0 radical (unpaired) electrons. The number of nitrogens with one attached hydrogen (secondary N) is 1. The van der Waals surface area contributed by atoms with E-state index in [9.17, 15) is 30.3 Å². The Kier molecular flexibility index (Phi) is 33.8. The molecule has 0 bridgehead atoms. The van der Waals surface area contributed by atoms with Crippen molar-refractivity contribution in [3.63, 3.8) is 0 Å². The normalized spacial score (nSPS) is 21.6. The summed E-state index contributed by atoms with van der Waals surface area (Å²) in [6.07, 6.45) is 36.0. The van der Waals surface area contributed by atoms with Gasteiger partial charge in [-0.2, -0.15) is 0 Å². The number of hydrogen-bond donors (Lipinski definition) is 6. The van der Waals surface area contributed by atoms with Crippen molar-refractivity contribution in [3.05, 3.63) is 24.3 Å². The number of aliphatic hydroxyl groups is 5. The summed E-state index contributed by atoms with van der Waals surface area (Å²) in [5.41, 5.74) is 0. The number of aliphatic hydroxyl groups excluding tert-OH is 5. The summed E-state index contributed by atoms with van der Waals surface area (Å²) in [5, 5.41) is 53.5. The van der Waals surface area contributed by atoms with Crippen LogP contribution in [-0.2, 0) is 14.3 Å². The Morgan fingerprint density at radius 1 is 0.611 bits per heavy atom. The van der Waals surface area contributed by atoms with Crippen molar-refractivity contribution < 1.29 is 39.8 Å². The van der Waals surface area contributed by atoms with Gasteiger partial charge in [0.05, 0.1) is 25.4 Å². The van der Waals surface area contributed by atoms with E-state index in [2.05, 4.69) is 31.3 Å². The van der Waals surface area contributed by atoms with Crippen LogP contribution in [0.1, 0.15) is 200 Å². The minimum atomic E-state index is -1.56. The minimum absolute atomic E-state index is 0.185. The largest absolute Gasteiger partial charge is 0.394 e. The average Bonchev–Trinajstić information content (AvgIpc) is 3.17. The summed E-state index contributed by atoms with van der Waals surface area (Å²) in [5.74, 6) is -0.185. The lowest BCUT2D eigenvalue weighted by molar-refractivity contribution is -0.302. The number of hydrogen-bond acceptors (Lipinski definition) is 8. The molecule has 318 valence electrons. The Morgan fingerprint density at radius 2 is 1.06 bits per heavy atom. The number of allylic oxidation sites excluding steroid dienone is 3. The predicted molar refractivity (Wildman–Crippen MR) is 221 cm³/mol. The predicted octanol–water partition coefficient (Wildman–Crippen LogP) is 9.11. The molecule has 1 aliphatic rings. The second-order valence-electron chi connectivity index (χ2n) is 15.8. The smallest absolute Gasteiger partial charge is 0.220 e. The SMILES string of the molecule is CCCC/C=C/C(O)C(COC1OC(CO)C(O)C(O)C1O)NC(=O)CCCCCCCCCCCCCCCCC/C=C\CCCCCCCCCC. The molecule has 9 heteroatoms. The van der Waals surface area contributed by atoms with E-state index in [0.29, 0.717) is 6.42 Å². The van der Waals surface area contributed by atoms with E-state index in [0.717, 1.165) is 38.5 Å². The molecule has 1 rings (SSSR count). The summed E-state index contributed by atoms with van der Waals surface area (Å²) in [7, 11) is 0. The maximum absolute atomic E-state index is 12.8. The molecule has 1 fully saturated rings. The molecule has 9 nitrogen and oxygen atoms in total. The molecule has 0 spiro atoms. The van der Waals surface area contributed by atoms with Gasteiger partial charge in [0.15, 0.2) is 6.29 Å². The van der Waals surface area contributed by atoms with Crippen molar-refractivity contribution in [2.45, 2.75) is 243 Å². The Morgan fingerprint density at radius 3 is 1.54 bits per heavy atom. The average molecular weight is 768 g/mol. The van der Waals surface area contributed by atoms with E-state index in [4.69, 9.17) is 9.47 Å². The highest BCUT2D eigenvalue weighted by molar-refractivity contribution is 5.76. The van der Waals surface area contributed by atoms with E-state index >= 15 is 0 Å². The third-order valence-corrected chi connectivity index (χ3v) is 10.8. The third kappa shape index (κ3) is 26.5. The molecule has 7 atom stereocenters. The third-order valence-electron chi connectivity index (χ3n) is 10.8. The maximum Gasteiger partial charge on any atom is 0.220 e. The van der Waals surface area contributed by atoms with Gasteiger partial charge in [-0.3, -0.25) is 4.79 Å². The number of carbonyl (C=O) groups is 1. The monoisotopic (exact) mass is 768 g/mol. The van der Waals surface area contributed by atoms with Crippen molar-refractivity contribution in [1.82, 2.24) is 5.32 Å². The van der Waals surface area contributed by atoms with Crippen LogP contribution in [0.3, 0.4) is 0 Å². The second-order valence-corrected chi connectivity index (χ2v) is 15.8. The van der Waals surface area contributed by atoms with Gasteiger partial charge in [0.1, 0.15) is 24.4 Å². The number of unbranched alkanes of at least 4 members (excludes halogenated alkanes) is 25. The van der Waals surface area contributed by atoms with Crippen molar-refractivity contribution >= 4 is 5.91 Å². The first-order valence-corrected chi connectivity index (χ1v) is 22.6. The number of amides is 1. The van der Waals surface area contributed by atoms with Crippen molar-refractivity contribution in [1.29, 1.82) is 0 Å². The van der Waals surface area contributed by atoms with Crippen LogP contribution in [0.2, 0.25) is 0 Å². The molecule has 1 heterocycles. The summed E-state index contributed by atoms with van der Waals surface area (Å²) >= 11 is 0. The van der Waals surface area contributed by atoms with Crippen LogP contribution in [0, 0.1) is 0 Å². The molecule has 0 aromatic carbocycles. The van der Waals surface area contributed by atoms with Gasteiger partial charge < -0.3 is 40.3 Å². The number of ether oxygens (including phenoxy) is 2. The lowest BCUT2D eigenvalue weighted by Crippen LogP contribution is -2.60. The highest BCUT2D eigenvalue weighted by Gasteiger charge is 2.44. The molecule has 7 unspecified atom stereocenters. The first-order valence-electron chi connectivity index (χ1n) is 22.6. The molecule has 0 aliphatic carbocycles. The van der Waals surface area contributed by atoms with Gasteiger partial charge in [-0.1, -0.05) is 179 Å². The van der Waals surface area contributed by atoms with Gasteiger partial charge in [0.25, 0.3) is 0 Å². The van der Waals surface area contributed by atoms with E-state index in [-0.39, 0.29) is 12.5 Å². The van der Waals surface area contributed by atoms with Crippen LogP contribution in [0.25, 0.3) is 0 Å². The van der Waals surface area contributed by atoms with Crippen molar-refractivity contribution in [3.8, 4) is 0 Å². The van der Waals surface area contributed by atoms with Gasteiger partial charge in [-0.15, -0.1) is 0 Å². The summed E-state index contributed by atoms with van der Waals surface area (Å²) in [6, 6.07) is -0.797. The zero-order valence-electron chi connectivity index (χ0n) is 34.7. The standard InChI is InChI=1S/C45H85NO8/c1-3-5-7-9-10-11-12-13-14-15-16-17-18-19-20-21-22-23-24-25-26-27-28-29-30-31-33-35-41(49)46-38(39(48)34-32-8-6-4-2)37-53-45-44(52)43(51)42(50)40(36-47)54-45/h15-16,32,34,38-40,42-45,47-48,50-52H,3-14,17-31,33,35-37H2,1-2H3,(H,46,49)/b16-15-,34-32+. The van der Waals surface area contributed by atoms with Gasteiger partial charge >= 0.3 is 0 Å². The molecule has 0 aromatic heterocycles.